The SMILES string of the molecule is Cc1cc(C)c(N2CCN(c3c(C)cc(C)cc3C)C2=C2NC(C(c3ccccc3)c3ncccc3Br)=C(Br)C(Cl)=C2Cl)c(C)c1. The van der Waals surface area contributed by atoms with Crippen LogP contribution in [0.4, 0.5) is 11.4 Å². The molecular weight excluding hydrogens is 743 g/mol. The average Bonchev–Trinajstić information content (AvgIpc) is 3.41. The number of nitrogens with zero attached hydrogens (tertiary/aromatic N) is 3. The molecule has 0 radical (unpaired) electrons. The molecule has 46 heavy (non-hydrogen) atoms. The number of aromatic nitrogens is 1. The van der Waals surface area contributed by atoms with Gasteiger partial charge in [0.2, 0.25) is 0 Å². The lowest BCUT2D eigenvalue weighted by Gasteiger charge is -2.35. The quantitative estimate of drug-likeness (QED) is 0.219. The Kier molecular flexibility index (Phi) is 9.46. The summed E-state index contributed by atoms with van der Waals surface area (Å²) < 4.78 is 1.61. The predicted molar refractivity (Wildman–Crippen MR) is 201 cm³/mol. The molecule has 4 nitrogen and oxygen atoms in total. The first kappa shape index (κ1) is 32.9. The van der Waals surface area contributed by atoms with Gasteiger partial charge in [0.05, 0.1) is 26.2 Å². The molecule has 0 saturated carbocycles. The molecular formula is C38H36Br2Cl2N4. The van der Waals surface area contributed by atoms with Crippen molar-refractivity contribution in [1.29, 1.82) is 0 Å². The van der Waals surface area contributed by atoms with Crippen LogP contribution in [0.1, 0.15) is 50.6 Å². The largest absolute Gasteiger partial charge is 0.353 e. The molecule has 3 heterocycles. The predicted octanol–water partition coefficient (Wildman–Crippen LogP) is 10.9. The number of benzene rings is 3. The van der Waals surface area contributed by atoms with E-state index in [9.17, 15) is 0 Å². The molecule has 1 saturated heterocycles. The molecule has 0 aliphatic carbocycles. The van der Waals surface area contributed by atoms with E-state index in [0.29, 0.717) is 14.5 Å². The zero-order valence-corrected chi connectivity index (χ0v) is 31.5. The third kappa shape index (κ3) is 5.94. The van der Waals surface area contributed by atoms with Gasteiger partial charge in [0.25, 0.3) is 0 Å². The summed E-state index contributed by atoms with van der Waals surface area (Å²) in [6.07, 6.45) is 1.82. The van der Waals surface area contributed by atoms with E-state index in [-0.39, 0.29) is 5.92 Å². The van der Waals surface area contributed by atoms with Gasteiger partial charge in [-0.1, -0.05) is 88.9 Å². The monoisotopic (exact) mass is 776 g/mol. The van der Waals surface area contributed by atoms with E-state index in [4.69, 9.17) is 28.2 Å². The van der Waals surface area contributed by atoms with Crippen LogP contribution in [-0.4, -0.2) is 18.1 Å². The molecule has 1 fully saturated rings. The molecule has 6 rings (SSSR count). The molecule has 0 bridgehead atoms. The number of hydrogen-bond donors (Lipinski definition) is 1. The van der Waals surface area contributed by atoms with Gasteiger partial charge in [-0.05, 0) is 113 Å². The fraction of sp³-hybridized carbons (Fsp3) is 0.237. The van der Waals surface area contributed by atoms with E-state index in [1.807, 2.05) is 36.5 Å². The third-order valence-electron chi connectivity index (χ3n) is 8.68. The molecule has 1 N–H and O–H groups in total. The highest BCUT2D eigenvalue weighted by atomic mass is 79.9. The molecule has 0 amide bonds. The van der Waals surface area contributed by atoms with Crippen molar-refractivity contribution in [2.45, 2.75) is 47.5 Å². The number of pyridine rings is 1. The highest BCUT2D eigenvalue weighted by Crippen LogP contribution is 2.47. The smallest absolute Gasteiger partial charge is 0.139 e. The highest BCUT2D eigenvalue weighted by molar-refractivity contribution is 9.12. The number of rotatable bonds is 5. The highest BCUT2D eigenvalue weighted by Gasteiger charge is 2.38. The zero-order valence-electron chi connectivity index (χ0n) is 26.8. The molecule has 3 aromatic carbocycles. The Morgan fingerprint density at radius 2 is 1.24 bits per heavy atom. The van der Waals surface area contributed by atoms with Crippen molar-refractivity contribution in [3.63, 3.8) is 0 Å². The van der Waals surface area contributed by atoms with Crippen molar-refractivity contribution in [2.24, 2.45) is 0 Å². The molecule has 236 valence electrons. The summed E-state index contributed by atoms with van der Waals surface area (Å²) in [6, 6.07) is 23.3. The first-order valence-corrected chi connectivity index (χ1v) is 17.6. The van der Waals surface area contributed by atoms with Gasteiger partial charge in [-0.3, -0.25) is 4.98 Å². The summed E-state index contributed by atoms with van der Waals surface area (Å²) in [5, 5.41) is 4.75. The number of allylic oxidation sites excluding steroid dienone is 4. The van der Waals surface area contributed by atoms with Crippen molar-refractivity contribution in [2.75, 3.05) is 22.9 Å². The molecule has 4 aromatic rings. The Morgan fingerprint density at radius 3 is 1.74 bits per heavy atom. The minimum atomic E-state index is -0.269. The number of dihydropyridines is 1. The Balaban J connectivity index is 1.63. The summed E-state index contributed by atoms with van der Waals surface area (Å²) in [6.45, 7) is 14.6. The second-order valence-corrected chi connectivity index (χ2v) is 14.6. The van der Waals surface area contributed by atoms with E-state index < -0.39 is 0 Å². The Hall–Kier alpha value is -3.03. The van der Waals surface area contributed by atoms with Crippen LogP contribution in [0.15, 0.2) is 109 Å². The average molecular weight is 779 g/mol. The van der Waals surface area contributed by atoms with E-state index in [1.165, 1.54) is 44.8 Å². The standard InChI is InChI=1S/C38H36Br2Cl2N4/c1-21-17-23(3)36(24(4)18-21)45-15-16-46(37-25(5)19-22(2)20-26(37)6)38(45)35-32(42)31(41)30(40)34(44-35)29(27-11-8-7-9-12-27)33-28(39)13-10-14-43-33/h7-14,17-20,29,44H,15-16H2,1-6H3. The fourth-order valence-corrected chi connectivity index (χ4v) is 8.64. The Morgan fingerprint density at radius 1 is 0.717 bits per heavy atom. The summed E-state index contributed by atoms with van der Waals surface area (Å²) in [5.74, 6) is 0.701. The lowest BCUT2D eigenvalue weighted by molar-refractivity contribution is 0.782. The van der Waals surface area contributed by atoms with Crippen LogP contribution < -0.4 is 15.1 Å². The van der Waals surface area contributed by atoms with Crippen molar-refractivity contribution >= 4 is 66.4 Å². The summed E-state index contributed by atoms with van der Waals surface area (Å²) >= 11 is 22.1. The second-order valence-electron chi connectivity index (χ2n) is 12.2. The van der Waals surface area contributed by atoms with Crippen molar-refractivity contribution < 1.29 is 0 Å². The van der Waals surface area contributed by atoms with Crippen LogP contribution in [0.25, 0.3) is 0 Å². The maximum absolute atomic E-state index is 7.30. The van der Waals surface area contributed by atoms with Gasteiger partial charge in [-0.25, -0.2) is 0 Å². The van der Waals surface area contributed by atoms with E-state index in [0.717, 1.165) is 46.0 Å². The maximum Gasteiger partial charge on any atom is 0.139 e. The van der Waals surface area contributed by atoms with Gasteiger partial charge in [-0.2, -0.15) is 0 Å². The fourth-order valence-electron chi connectivity index (χ4n) is 7.10. The number of aryl methyl sites for hydroxylation is 6. The lowest BCUT2D eigenvalue weighted by atomic mass is 9.90. The first-order valence-electron chi connectivity index (χ1n) is 15.3. The topological polar surface area (TPSA) is 31.4 Å². The first-order chi connectivity index (χ1) is 22.0. The molecule has 2 aliphatic heterocycles. The van der Waals surface area contributed by atoms with E-state index >= 15 is 0 Å². The van der Waals surface area contributed by atoms with Gasteiger partial charge in [-0.15, -0.1) is 0 Å². The van der Waals surface area contributed by atoms with Gasteiger partial charge in [0.15, 0.2) is 0 Å². The van der Waals surface area contributed by atoms with E-state index in [1.54, 1.807) is 0 Å². The van der Waals surface area contributed by atoms with Crippen molar-refractivity contribution in [3.8, 4) is 0 Å². The zero-order chi connectivity index (χ0) is 32.9. The van der Waals surface area contributed by atoms with Crippen LogP contribution in [-0.2, 0) is 0 Å². The molecule has 8 heteroatoms. The van der Waals surface area contributed by atoms with Crippen molar-refractivity contribution in [1.82, 2.24) is 10.3 Å². The Labute approximate surface area is 299 Å². The van der Waals surface area contributed by atoms with Crippen LogP contribution in [0.5, 0.6) is 0 Å². The van der Waals surface area contributed by atoms with Gasteiger partial charge in [0, 0.05) is 40.8 Å². The van der Waals surface area contributed by atoms with Gasteiger partial charge >= 0.3 is 0 Å². The minimum Gasteiger partial charge on any atom is -0.353 e. The number of anilines is 2. The molecule has 1 unspecified atom stereocenters. The maximum atomic E-state index is 7.30. The van der Waals surface area contributed by atoms with Crippen LogP contribution in [0, 0.1) is 41.5 Å². The van der Waals surface area contributed by atoms with Crippen LogP contribution in [0.3, 0.4) is 0 Å². The number of hydrogen-bond acceptors (Lipinski definition) is 4. The summed E-state index contributed by atoms with van der Waals surface area (Å²) in [5.41, 5.74) is 13.3. The van der Waals surface area contributed by atoms with Gasteiger partial charge < -0.3 is 15.1 Å². The molecule has 1 atom stereocenters. The van der Waals surface area contributed by atoms with Crippen LogP contribution in [0.2, 0.25) is 0 Å². The molecule has 1 aromatic heterocycles. The van der Waals surface area contributed by atoms with Crippen LogP contribution >= 0.6 is 55.1 Å². The number of nitrogens with one attached hydrogen (secondary N) is 1. The minimum absolute atomic E-state index is 0.269. The lowest BCUT2D eigenvalue weighted by Crippen LogP contribution is -2.34. The van der Waals surface area contributed by atoms with Crippen molar-refractivity contribution in [3.05, 3.63) is 154 Å². The normalized spacial score (nSPS) is 16.0. The molecule has 2 aliphatic rings. The molecule has 0 spiro atoms. The number of halogens is 4. The summed E-state index contributed by atoms with van der Waals surface area (Å²) in [4.78, 5) is 9.66. The Bertz CT molecular complexity index is 1830. The second kappa shape index (κ2) is 13.2. The summed E-state index contributed by atoms with van der Waals surface area (Å²) in [7, 11) is 0. The third-order valence-corrected chi connectivity index (χ3v) is 11.3. The van der Waals surface area contributed by atoms with E-state index in [2.05, 4.69) is 125 Å². The van der Waals surface area contributed by atoms with Gasteiger partial charge in [0.1, 0.15) is 11.5 Å².